The van der Waals surface area contributed by atoms with Crippen LogP contribution in [0.1, 0.15) is 30.0 Å². The summed E-state index contributed by atoms with van der Waals surface area (Å²) in [4.78, 5) is 31.5. The van der Waals surface area contributed by atoms with Gasteiger partial charge in [0, 0.05) is 24.8 Å². The molecule has 0 bridgehead atoms. The average Bonchev–Trinajstić information content (AvgIpc) is 2.72. The van der Waals surface area contributed by atoms with Crippen LogP contribution in [0.25, 0.3) is 10.9 Å². The first-order chi connectivity index (χ1) is 13.9. The van der Waals surface area contributed by atoms with Crippen molar-refractivity contribution in [2.75, 3.05) is 18.4 Å². The molecule has 1 aliphatic rings. The molecule has 3 aromatic rings. The fraction of sp³-hybridized carbons (Fsp3) is 0.318. The Balaban J connectivity index is 1.44. The number of aryl methyl sites for hydroxylation is 2. The van der Waals surface area contributed by atoms with Crippen molar-refractivity contribution in [3.05, 3.63) is 70.0 Å². The number of likely N-dealkylation sites (tertiary alicyclic amines) is 1. The highest BCUT2D eigenvalue weighted by Crippen LogP contribution is 2.23. The quantitative estimate of drug-likeness (QED) is 0.714. The topological polar surface area (TPSA) is 67.2 Å². The summed E-state index contributed by atoms with van der Waals surface area (Å²) in [5.41, 5.74) is 2.64. The monoisotopic (exact) mass is 394 g/mol. The van der Waals surface area contributed by atoms with Gasteiger partial charge in [-0.3, -0.25) is 9.36 Å². The molecule has 1 saturated heterocycles. The minimum Gasteiger partial charge on any atom is -0.324 e. The van der Waals surface area contributed by atoms with Crippen molar-refractivity contribution >= 4 is 22.6 Å². The highest BCUT2D eigenvalue weighted by molar-refractivity contribution is 5.89. The van der Waals surface area contributed by atoms with E-state index >= 15 is 0 Å². The number of nitrogens with one attached hydrogen (secondary N) is 1. The number of aromatic nitrogens is 2. The number of carbonyl (C=O) groups excluding carboxylic acids is 1. The molecule has 1 aromatic heterocycles. The van der Waals surface area contributed by atoms with Crippen molar-refractivity contribution in [3.8, 4) is 0 Å². The third-order valence-corrected chi connectivity index (χ3v) is 5.51. The van der Waals surface area contributed by atoms with Gasteiger partial charge in [0.25, 0.3) is 5.56 Å². The van der Waals surface area contributed by atoms with E-state index in [2.05, 4.69) is 10.3 Å². The number of nitrogens with zero attached hydrogens (tertiary/aromatic N) is 3. The summed E-state index contributed by atoms with van der Waals surface area (Å²) in [5.74, 6) is -0.347. The maximum Gasteiger partial charge on any atom is 0.321 e. The first-order valence-electron chi connectivity index (χ1n) is 9.72. The van der Waals surface area contributed by atoms with E-state index in [0.29, 0.717) is 48.1 Å². The van der Waals surface area contributed by atoms with Gasteiger partial charge in [-0.25, -0.2) is 14.2 Å². The lowest BCUT2D eigenvalue weighted by Crippen LogP contribution is -2.42. The van der Waals surface area contributed by atoms with Crippen LogP contribution in [-0.2, 0) is 0 Å². The van der Waals surface area contributed by atoms with Crippen molar-refractivity contribution in [3.63, 3.8) is 0 Å². The van der Waals surface area contributed by atoms with Crippen LogP contribution in [0.15, 0.2) is 47.5 Å². The van der Waals surface area contributed by atoms with Crippen molar-refractivity contribution in [2.24, 2.45) is 0 Å². The van der Waals surface area contributed by atoms with Gasteiger partial charge in [-0.2, -0.15) is 0 Å². The maximum atomic E-state index is 13.7. The summed E-state index contributed by atoms with van der Waals surface area (Å²) >= 11 is 0. The second kappa shape index (κ2) is 7.66. The molecule has 0 aliphatic carbocycles. The van der Waals surface area contributed by atoms with Gasteiger partial charge in [0.05, 0.1) is 17.2 Å². The summed E-state index contributed by atoms with van der Waals surface area (Å²) < 4.78 is 15.4. The summed E-state index contributed by atoms with van der Waals surface area (Å²) in [7, 11) is 0. The minimum absolute atomic E-state index is 0.000724. The molecule has 0 spiro atoms. The molecule has 0 saturated carbocycles. The van der Waals surface area contributed by atoms with Crippen molar-refractivity contribution in [1.82, 2.24) is 14.5 Å². The predicted octanol–water partition coefficient (Wildman–Crippen LogP) is 4.02. The minimum atomic E-state index is -0.347. The van der Waals surface area contributed by atoms with Crippen LogP contribution in [0, 0.1) is 19.7 Å². The van der Waals surface area contributed by atoms with Gasteiger partial charge in [0.15, 0.2) is 0 Å². The number of carbonyl (C=O) groups is 1. The Morgan fingerprint density at radius 3 is 2.62 bits per heavy atom. The average molecular weight is 394 g/mol. The fourth-order valence-electron chi connectivity index (χ4n) is 3.73. The molecule has 2 aromatic carbocycles. The molecule has 4 rings (SSSR count). The van der Waals surface area contributed by atoms with E-state index in [1.807, 2.05) is 25.1 Å². The highest BCUT2D eigenvalue weighted by Gasteiger charge is 2.25. The molecule has 1 fully saturated rings. The van der Waals surface area contributed by atoms with Gasteiger partial charge in [-0.05, 0) is 56.5 Å². The number of hydrogen-bond acceptors (Lipinski definition) is 3. The summed E-state index contributed by atoms with van der Waals surface area (Å²) in [5, 5.41) is 3.36. The zero-order chi connectivity index (χ0) is 20.5. The molecule has 150 valence electrons. The first kappa shape index (κ1) is 19.1. The zero-order valence-corrected chi connectivity index (χ0v) is 16.5. The number of fused-ring (bicyclic) bond motifs is 1. The molecular weight excluding hydrogens is 371 g/mol. The van der Waals surface area contributed by atoms with Crippen LogP contribution in [0.4, 0.5) is 14.9 Å². The molecule has 2 heterocycles. The molecule has 0 atom stereocenters. The van der Waals surface area contributed by atoms with Crippen molar-refractivity contribution < 1.29 is 9.18 Å². The maximum absolute atomic E-state index is 13.7. The van der Waals surface area contributed by atoms with Crippen molar-refractivity contribution in [1.29, 1.82) is 0 Å². The summed E-state index contributed by atoms with van der Waals surface area (Å²) in [6, 6.07) is 10.1. The van der Waals surface area contributed by atoms with Gasteiger partial charge in [-0.15, -0.1) is 0 Å². The van der Waals surface area contributed by atoms with Crippen LogP contribution in [0.2, 0.25) is 0 Å². The largest absolute Gasteiger partial charge is 0.324 e. The molecule has 7 heteroatoms. The number of urea groups is 1. The molecule has 1 N–H and O–H groups in total. The standard InChI is InChI=1S/C22H23FN4O2/c1-14-3-6-20-18(11-14)21(28)27(13-24-20)17-7-9-26(10-8-17)22(29)25-16-5-4-15(2)19(23)12-16/h3-6,11-13,17H,7-10H2,1-2H3,(H,25,29). The van der Waals surface area contributed by atoms with Gasteiger partial charge in [0.1, 0.15) is 5.82 Å². The summed E-state index contributed by atoms with van der Waals surface area (Å²) in [6.45, 7) is 4.66. The number of benzene rings is 2. The Bertz CT molecular complexity index is 1130. The molecule has 2 amide bonds. The lowest BCUT2D eigenvalue weighted by molar-refractivity contribution is 0.182. The van der Waals surface area contributed by atoms with Crippen LogP contribution in [0.3, 0.4) is 0 Å². The van der Waals surface area contributed by atoms with E-state index in [9.17, 15) is 14.0 Å². The molecule has 29 heavy (non-hydrogen) atoms. The van der Waals surface area contributed by atoms with Crippen LogP contribution in [-0.4, -0.2) is 33.6 Å². The third-order valence-electron chi connectivity index (χ3n) is 5.51. The van der Waals surface area contributed by atoms with E-state index in [0.717, 1.165) is 5.56 Å². The number of anilines is 1. The normalized spacial score (nSPS) is 14.9. The number of piperidine rings is 1. The Hall–Kier alpha value is -3.22. The van der Waals surface area contributed by atoms with Gasteiger partial charge < -0.3 is 10.2 Å². The van der Waals surface area contributed by atoms with Gasteiger partial charge >= 0.3 is 6.03 Å². The predicted molar refractivity (Wildman–Crippen MR) is 111 cm³/mol. The first-order valence-corrected chi connectivity index (χ1v) is 9.72. The molecule has 6 nitrogen and oxygen atoms in total. The Kier molecular flexibility index (Phi) is 5.05. The molecule has 0 radical (unpaired) electrons. The Morgan fingerprint density at radius 2 is 1.90 bits per heavy atom. The van der Waals surface area contributed by atoms with Crippen LogP contribution >= 0.6 is 0 Å². The number of halogens is 1. The Morgan fingerprint density at radius 1 is 1.14 bits per heavy atom. The van der Waals surface area contributed by atoms with E-state index < -0.39 is 0 Å². The smallest absolute Gasteiger partial charge is 0.321 e. The van der Waals surface area contributed by atoms with Gasteiger partial charge in [0.2, 0.25) is 0 Å². The SMILES string of the molecule is Cc1ccc2ncn(C3CCN(C(=O)Nc4ccc(C)c(F)c4)CC3)c(=O)c2c1. The van der Waals surface area contributed by atoms with Crippen molar-refractivity contribution in [2.45, 2.75) is 32.7 Å². The van der Waals surface area contributed by atoms with Crippen LogP contribution in [0.5, 0.6) is 0 Å². The molecular formula is C22H23FN4O2. The second-order valence-corrected chi connectivity index (χ2v) is 7.59. The third kappa shape index (κ3) is 3.85. The second-order valence-electron chi connectivity index (χ2n) is 7.59. The van der Waals surface area contributed by atoms with E-state index in [1.165, 1.54) is 6.07 Å². The van der Waals surface area contributed by atoms with E-state index in [4.69, 9.17) is 0 Å². The number of rotatable bonds is 2. The lowest BCUT2D eigenvalue weighted by Gasteiger charge is -2.32. The lowest BCUT2D eigenvalue weighted by atomic mass is 10.0. The Labute approximate surface area is 168 Å². The summed E-state index contributed by atoms with van der Waals surface area (Å²) in [6.07, 6.45) is 2.93. The van der Waals surface area contributed by atoms with Crippen LogP contribution < -0.4 is 10.9 Å². The molecule has 0 unspecified atom stereocenters. The number of hydrogen-bond donors (Lipinski definition) is 1. The molecule has 1 aliphatic heterocycles. The van der Waals surface area contributed by atoms with E-state index in [-0.39, 0.29) is 23.4 Å². The number of amides is 2. The zero-order valence-electron chi connectivity index (χ0n) is 16.5. The highest BCUT2D eigenvalue weighted by atomic mass is 19.1. The fourth-order valence-corrected chi connectivity index (χ4v) is 3.73. The van der Waals surface area contributed by atoms with E-state index in [1.54, 1.807) is 34.9 Å². The van der Waals surface area contributed by atoms with Gasteiger partial charge in [-0.1, -0.05) is 17.7 Å².